The van der Waals surface area contributed by atoms with E-state index in [1.807, 2.05) is 32.2 Å². The quantitative estimate of drug-likeness (QED) is 0.491. The maximum Gasteiger partial charge on any atom is 0.416 e. The topological polar surface area (TPSA) is 52.6 Å². The van der Waals surface area contributed by atoms with Crippen LogP contribution < -0.4 is 10.6 Å². The lowest BCUT2D eigenvalue weighted by Gasteiger charge is -2.39. The Hall–Kier alpha value is -2.61. The van der Waals surface area contributed by atoms with Crippen LogP contribution in [-0.2, 0) is 12.6 Å². The lowest BCUT2D eigenvalue weighted by molar-refractivity contribution is -0.137. The number of nitrogens with zero attached hydrogens (tertiary/aromatic N) is 3. The van der Waals surface area contributed by atoms with Gasteiger partial charge in [-0.2, -0.15) is 13.2 Å². The standard InChI is InChI=1S/C24H32F3N5/c1-3-28-23(30-15-13-21-8-4-5-14-29-21)31-17-19-7-6-16-32(2)22(19)18-9-11-20(12-10-18)24(25,26)27/h4-5,8-12,14,19,22H,3,6-7,13,15-17H2,1-2H3,(H2,28,30,31). The monoisotopic (exact) mass is 447 g/mol. The van der Waals surface area contributed by atoms with Crippen LogP contribution in [0.1, 0.15) is 42.6 Å². The van der Waals surface area contributed by atoms with E-state index in [4.69, 9.17) is 4.99 Å². The van der Waals surface area contributed by atoms with Crippen molar-refractivity contribution in [3.63, 3.8) is 0 Å². The summed E-state index contributed by atoms with van der Waals surface area (Å²) in [4.78, 5) is 11.4. The highest BCUT2D eigenvalue weighted by atomic mass is 19.4. The minimum Gasteiger partial charge on any atom is -0.357 e. The van der Waals surface area contributed by atoms with Gasteiger partial charge in [-0.05, 0) is 69.1 Å². The highest BCUT2D eigenvalue weighted by Crippen LogP contribution is 2.37. The number of nitrogens with one attached hydrogen (secondary N) is 2. The SMILES string of the molecule is CCNC(=NCC1CCCN(C)C1c1ccc(C(F)(F)F)cc1)NCCc1ccccn1. The maximum atomic E-state index is 13.0. The molecule has 5 nitrogen and oxygen atoms in total. The molecule has 174 valence electrons. The van der Waals surface area contributed by atoms with Gasteiger partial charge in [0.15, 0.2) is 5.96 Å². The molecule has 1 aromatic heterocycles. The van der Waals surface area contributed by atoms with Crippen LogP contribution in [-0.4, -0.2) is 49.1 Å². The molecule has 2 heterocycles. The number of piperidine rings is 1. The zero-order valence-corrected chi connectivity index (χ0v) is 18.7. The van der Waals surface area contributed by atoms with Crippen LogP contribution in [0.3, 0.4) is 0 Å². The van der Waals surface area contributed by atoms with Gasteiger partial charge in [-0.15, -0.1) is 0 Å². The van der Waals surface area contributed by atoms with Crippen molar-refractivity contribution in [3.8, 4) is 0 Å². The summed E-state index contributed by atoms with van der Waals surface area (Å²) < 4.78 is 38.9. The number of likely N-dealkylation sites (tertiary alicyclic amines) is 1. The number of pyridine rings is 1. The summed E-state index contributed by atoms with van der Waals surface area (Å²) in [6.07, 6.45) is 0.313. The first-order valence-corrected chi connectivity index (χ1v) is 11.2. The molecule has 1 fully saturated rings. The summed E-state index contributed by atoms with van der Waals surface area (Å²) >= 11 is 0. The first-order chi connectivity index (χ1) is 15.4. The normalized spacial score (nSPS) is 20.2. The number of guanidine groups is 1. The number of benzene rings is 1. The Labute approximate surface area is 188 Å². The van der Waals surface area contributed by atoms with Gasteiger partial charge in [0.2, 0.25) is 0 Å². The number of hydrogen-bond donors (Lipinski definition) is 2. The number of aromatic nitrogens is 1. The number of hydrogen-bond acceptors (Lipinski definition) is 3. The van der Waals surface area contributed by atoms with E-state index in [9.17, 15) is 13.2 Å². The van der Waals surface area contributed by atoms with Crippen molar-refractivity contribution in [2.75, 3.05) is 33.2 Å². The minimum atomic E-state index is -4.32. The van der Waals surface area contributed by atoms with Gasteiger partial charge in [-0.25, -0.2) is 0 Å². The van der Waals surface area contributed by atoms with Crippen LogP contribution in [0.5, 0.6) is 0 Å². The molecule has 1 aliphatic rings. The minimum absolute atomic E-state index is 0.0474. The first-order valence-electron chi connectivity index (χ1n) is 11.2. The Morgan fingerprint density at radius 1 is 1.16 bits per heavy atom. The van der Waals surface area contributed by atoms with Crippen LogP contribution in [0.2, 0.25) is 0 Å². The molecule has 2 unspecified atom stereocenters. The zero-order valence-electron chi connectivity index (χ0n) is 18.7. The van der Waals surface area contributed by atoms with Crippen molar-refractivity contribution >= 4 is 5.96 Å². The molecule has 0 aliphatic carbocycles. The van der Waals surface area contributed by atoms with Crippen LogP contribution in [0.4, 0.5) is 13.2 Å². The fourth-order valence-corrected chi connectivity index (χ4v) is 4.25. The van der Waals surface area contributed by atoms with Gasteiger partial charge < -0.3 is 10.6 Å². The third-order valence-corrected chi connectivity index (χ3v) is 5.81. The Morgan fingerprint density at radius 3 is 2.59 bits per heavy atom. The Morgan fingerprint density at radius 2 is 1.94 bits per heavy atom. The summed E-state index contributed by atoms with van der Waals surface area (Å²) in [5.41, 5.74) is 1.32. The highest BCUT2D eigenvalue weighted by molar-refractivity contribution is 5.79. The molecule has 2 aromatic rings. The molecular weight excluding hydrogens is 415 g/mol. The summed E-state index contributed by atoms with van der Waals surface area (Å²) in [5.74, 6) is 0.986. The second-order valence-corrected chi connectivity index (χ2v) is 8.16. The summed E-state index contributed by atoms with van der Waals surface area (Å²) in [6.45, 7) is 5.02. The molecule has 1 aromatic carbocycles. The maximum absolute atomic E-state index is 13.0. The van der Waals surface area contributed by atoms with Crippen molar-refractivity contribution < 1.29 is 13.2 Å². The van der Waals surface area contributed by atoms with Gasteiger partial charge in [-0.3, -0.25) is 14.9 Å². The second-order valence-electron chi connectivity index (χ2n) is 8.16. The van der Waals surface area contributed by atoms with Crippen molar-refractivity contribution in [3.05, 3.63) is 65.5 Å². The van der Waals surface area contributed by atoms with Gasteiger partial charge in [0, 0.05) is 44.0 Å². The molecule has 0 radical (unpaired) electrons. The molecule has 2 atom stereocenters. The third-order valence-electron chi connectivity index (χ3n) is 5.81. The van der Waals surface area contributed by atoms with E-state index in [1.165, 1.54) is 12.1 Å². The number of aliphatic imine (C=N–C) groups is 1. The first kappa shape index (κ1) is 24.0. The lowest BCUT2D eigenvalue weighted by Crippen LogP contribution is -2.40. The smallest absolute Gasteiger partial charge is 0.357 e. The van der Waals surface area contributed by atoms with E-state index in [-0.39, 0.29) is 12.0 Å². The van der Waals surface area contributed by atoms with E-state index in [0.717, 1.165) is 56.1 Å². The molecule has 32 heavy (non-hydrogen) atoms. The molecule has 3 rings (SSSR count). The van der Waals surface area contributed by atoms with E-state index >= 15 is 0 Å². The number of alkyl halides is 3. The average molecular weight is 448 g/mol. The van der Waals surface area contributed by atoms with Crippen molar-refractivity contribution in [1.82, 2.24) is 20.5 Å². The van der Waals surface area contributed by atoms with Crippen molar-refractivity contribution in [2.45, 2.75) is 38.4 Å². The number of halogens is 3. The molecular formula is C24H32F3N5. The van der Waals surface area contributed by atoms with Crippen LogP contribution in [0.25, 0.3) is 0 Å². The highest BCUT2D eigenvalue weighted by Gasteiger charge is 2.33. The molecule has 0 amide bonds. The van der Waals surface area contributed by atoms with Gasteiger partial charge in [0.25, 0.3) is 0 Å². The molecule has 1 saturated heterocycles. The summed E-state index contributed by atoms with van der Waals surface area (Å²) in [7, 11) is 2.04. The average Bonchev–Trinajstić information content (AvgIpc) is 2.78. The molecule has 0 bridgehead atoms. The van der Waals surface area contributed by atoms with Gasteiger partial charge >= 0.3 is 6.18 Å². The summed E-state index contributed by atoms with van der Waals surface area (Å²) in [5, 5.41) is 6.64. The molecule has 8 heteroatoms. The Bertz CT molecular complexity index is 852. The van der Waals surface area contributed by atoms with Crippen molar-refractivity contribution in [2.24, 2.45) is 10.9 Å². The molecule has 0 saturated carbocycles. The van der Waals surface area contributed by atoms with Crippen LogP contribution >= 0.6 is 0 Å². The predicted molar refractivity (Wildman–Crippen MR) is 121 cm³/mol. The van der Waals surface area contributed by atoms with E-state index < -0.39 is 11.7 Å². The molecule has 2 N–H and O–H groups in total. The third kappa shape index (κ3) is 6.69. The Kier molecular flexibility index (Phi) is 8.50. The fraction of sp³-hybridized carbons (Fsp3) is 0.500. The van der Waals surface area contributed by atoms with E-state index in [2.05, 4.69) is 20.5 Å². The predicted octanol–water partition coefficient (Wildman–Crippen LogP) is 4.28. The fourth-order valence-electron chi connectivity index (χ4n) is 4.25. The molecule has 1 aliphatic heterocycles. The van der Waals surface area contributed by atoms with Gasteiger partial charge in [-0.1, -0.05) is 18.2 Å². The Balaban J connectivity index is 1.66. The largest absolute Gasteiger partial charge is 0.416 e. The lowest BCUT2D eigenvalue weighted by atomic mass is 9.84. The van der Waals surface area contributed by atoms with Gasteiger partial charge in [0.05, 0.1) is 5.56 Å². The number of rotatable bonds is 7. The van der Waals surface area contributed by atoms with Gasteiger partial charge in [0.1, 0.15) is 0 Å². The van der Waals surface area contributed by atoms with Crippen molar-refractivity contribution in [1.29, 1.82) is 0 Å². The van der Waals surface area contributed by atoms with E-state index in [0.29, 0.717) is 6.54 Å². The van der Waals surface area contributed by atoms with Crippen LogP contribution in [0.15, 0.2) is 53.7 Å². The summed E-state index contributed by atoms with van der Waals surface area (Å²) in [6, 6.07) is 11.5. The zero-order chi connectivity index (χ0) is 23.0. The second kappa shape index (κ2) is 11.3. The van der Waals surface area contributed by atoms with E-state index in [1.54, 1.807) is 18.3 Å². The molecule has 0 spiro atoms. The van der Waals surface area contributed by atoms with Crippen LogP contribution in [0, 0.1) is 5.92 Å².